The average molecular weight is 382 g/mol. The lowest BCUT2D eigenvalue weighted by atomic mass is 10.2. The highest BCUT2D eigenvalue weighted by atomic mass is 16.2. The molecule has 1 amide bonds. The Kier molecular flexibility index (Phi) is 4.74. The molecule has 0 radical (unpaired) electrons. The van der Waals surface area contributed by atoms with Crippen LogP contribution in [0.25, 0.3) is 22.6 Å². The van der Waals surface area contributed by atoms with Gasteiger partial charge in [0.15, 0.2) is 17.0 Å². The number of aromatic nitrogens is 6. The van der Waals surface area contributed by atoms with Crippen LogP contribution in [-0.4, -0.2) is 59.2 Å². The van der Waals surface area contributed by atoms with Crippen molar-refractivity contribution in [2.45, 2.75) is 46.2 Å². The molecular weight excluding hydrogens is 356 g/mol. The van der Waals surface area contributed by atoms with Gasteiger partial charge in [-0.3, -0.25) is 9.48 Å². The number of nitrogens with zero attached hydrogens (tertiary/aromatic N) is 7. The normalized spacial score (nSPS) is 16.9. The smallest absolute Gasteiger partial charge is 0.222 e. The first-order valence-corrected chi connectivity index (χ1v) is 9.78. The zero-order valence-corrected chi connectivity index (χ0v) is 16.8. The molecule has 9 heteroatoms. The molecule has 1 N–H and O–H groups in total. The molecule has 4 heterocycles. The maximum atomic E-state index is 11.9. The number of hydrogen-bond donors (Lipinski definition) is 1. The Labute approximate surface area is 163 Å². The Morgan fingerprint density at radius 1 is 1.32 bits per heavy atom. The zero-order chi connectivity index (χ0) is 19.8. The molecule has 3 aromatic rings. The first kappa shape index (κ1) is 18.4. The van der Waals surface area contributed by atoms with Crippen molar-refractivity contribution in [3.05, 3.63) is 18.2 Å². The van der Waals surface area contributed by atoms with Crippen LogP contribution in [0, 0.1) is 6.92 Å². The predicted molar refractivity (Wildman–Crippen MR) is 107 cm³/mol. The topological polar surface area (TPSA) is 93.8 Å². The van der Waals surface area contributed by atoms with Crippen molar-refractivity contribution in [2.75, 3.05) is 18.4 Å². The maximum absolute atomic E-state index is 11.9. The van der Waals surface area contributed by atoms with Crippen LogP contribution in [0.2, 0.25) is 0 Å². The Morgan fingerprint density at radius 2 is 2.14 bits per heavy atom. The average Bonchev–Trinajstić information content (AvgIpc) is 3.40. The number of anilines is 1. The third-order valence-corrected chi connectivity index (χ3v) is 5.48. The molecule has 1 aliphatic heterocycles. The largest absolute Gasteiger partial charge is 0.364 e. The molecule has 3 aromatic heterocycles. The Bertz CT molecular complexity index is 1020. The number of imidazole rings is 1. The molecule has 0 unspecified atom stereocenters. The fourth-order valence-corrected chi connectivity index (χ4v) is 3.85. The Balaban J connectivity index is 1.66. The number of carbonyl (C=O) groups excluding carboxylic acids is 1. The van der Waals surface area contributed by atoms with E-state index in [0.29, 0.717) is 18.8 Å². The van der Waals surface area contributed by atoms with Crippen molar-refractivity contribution < 1.29 is 4.79 Å². The number of aryl methyl sites for hydroxylation is 2. The second-order valence-corrected chi connectivity index (χ2v) is 7.17. The second kappa shape index (κ2) is 7.21. The standard InChI is InChI=1S/C19H26N8O/c1-5-15(28)26-8-7-13(10-26)23-17-16-19(21-11-20-17)25(4)18(24-16)14-9-22-27(6-2)12(14)3/h9,11,13H,5-8,10H2,1-4H3,(H,20,21,23)/t13-/m0/s1. The molecule has 148 valence electrons. The molecular formula is C19H26N8O. The molecule has 0 aliphatic carbocycles. The van der Waals surface area contributed by atoms with Crippen LogP contribution in [0.1, 0.15) is 32.4 Å². The zero-order valence-electron chi connectivity index (χ0n) is 16.8. The van der Waals surface area contributed by atoms with Crippen LogP contribution >= 0.6 is 0 Å². The van der Waals surface area contributed by atoms with Crippen molar-refractivity contribution in [3.63, 3.8) is 0 Å². The number of likely N-dealkylation sites (tertiary alicyclic amines) is 1. The predicted octanol–water partition coefficient (Wildman–Crippen LogP) is 1.98. The van der Waals surface area contributed by atoms with Gasteiger partial charge in [-0.1, -0.05) is 6.92 Å². The Morgan fingerprint density at radius 3 is 2.86 bits per heavy atom. The lowest BCUT2D eigenvalue weighted by Crippen LogP contribution is -2.31. The molecule has 4 rings (SSSR count). The van der Waals surface area contributed by atoms with E-state index in [1.165, 1.54) is 0 Å². The highest BCUT2D eigenvalue weighted by molar-refractivity contribution is 5.86. The van der Waals surface area contributed by atoms with Crippen LogP contribution in [0.3, 0.4) is 0 Å². The van der Waals surface area contributed by atoms with Crippen molar-refractivity contribution >= 4 is 22.9 Å². The summed E-state index contributed by atoms with van der Waals surface area (Å²) in [6, 6.07) is 0.170. The fourth-order valence-electron chi connectivity index (χ4n) is 3.85. The lowest BCUT2D eigenvalue weighted by Gasteiger charge is -2.16. The van der Waals surface area contributed by atoms with Gasteiger partial charge in [0.05, 0.1) is 11.8 Å². The fraction of sp³-hybridized carbons (Fsp3) is 0.526. The number of carbonyl (C=O) groups is 1. The highest BCUT2D eigenvalue weighted by Gasteiger charge is 2.27. The minimum Gasteiger partial charge on any atom is -0.364 e. The van der Waals surface area contributed by atoms with Gasteiger partial charge < -0.3 is 14.8 Å². The molecule has 0 aromatic carbocycles. The van der Waals surface area contributed by atoms with E-state index in [-0.39, 0.29) is 11.9 Å². The first-order valence-electron chi connectivity index (χ1n) is 9.78. The summed E-state index contributed by atoms with van der Waals surface area (Å²) in [5, 5.41) is 7.91. The summed E-state index contributed by atoms with van der Waals surface area (Å²) in [6.45, 7) is 8.31. The minimum atomic E-state index is 0.170. The van der Waals surface area contributed by atoms with E-state index in [2.05, 4.69) is 27.3 Å². The van der Waals surface area contributed by atoms with Crippen molar-refractivity contribution in [3.8, 4) is 11.4 Å². The van der Waals surface area contributed by atoms with E-state index in [9.17, 15) is 4.79 Å². The number of amides is 1. The van der Waals surface area contributed by atoms with Gasteiger partial charge >= 0.3 is 0 Å². The van der Waals surface area contributed by atoms with E-state index in [1.807, 2.05) is 41.2 Å². The number of hydrogen-bond acceptors (Lipinski definition) is 6. The highest BCUT2D eigenvalue weighted by Crippen LogP contribution is 2.28. The number of fused-ring (bicyclic) bond motifs is 1. The molecule has 28 heavy (non-hydrogen) atoms. The quantitative estimate of drug-likeness (QED) is 0.725. The molecule has 1 atom stereocenters. The second-order valence-electron chi connectivity index (χ2n) is 7.17. The van der Waals surface area contributed by atoms with Crippen LogP contribution in [-0.2, 0) is 18.4 Å². The number of rotatable bonds is 5. The first-order chi connectivity index (χ1) is 13.5. The van der Waals surface area contributed by atoms with Gasteiger partial charge in [-0.2, -0.15) is 5.10 Å². The summed E-state index contributed by atoms with van der Waals surface area (Å²) in [6.07, 6.45) is 4.85. The molecule has 1 fully saturated rings. The van der Waals surface area contributed by atoms with Gasteiger partial charge in [-0.25, -0.2) is 15.0 Å². The van der Waals surface area contributed by atoms with Crippen molar-refractivity contribution in [1.82, 2.24) is 34.2 Å². The van der Waals surface area contributed by atoms with Gasteiger partial charge in [-0.15, -0.1) is 0 Å². The van der Waals surface area contributed by atoms with Gasteiger partial charge in [-0.05, 0) is 20.3 Å². The SMILES string of the molecule is CCC(=O)N1CC[C@H](Nc2ncnc3c2nc(-c2cnn(CC)c2C)n3C)C1. The van der Waals surface area contributed by atoms with Crippen LogP contribution in [0.15, 0.2) is 12.5 Å². The molecule has 0 spiro atoms. The molecule has 0 bridgehead atoms. The summed E-state index contributed by atoms with van der Waals surface area (Å²) >= 11 is 0. The lowest BCUT2D eigenvalue weighted by molar-refractivity contribution is -0.129. The van der Waals surface area contributed by atoms with Gasteiger partial charge in [0.2, 0.25) is 5.91 Å². The summed E-state index contributed by atoms with van der Waals surface area (Å²) < 4.78 is 3.94. The van der Waals surface area contributed by atoms with Gasteiger partial charge in [0.1, 0.15) is 12.2 Å². The van der Waals surface area contributed by atoms with E-state index in [4.69, 9.17) is 4.98 Å². The molecule has 0 saturated carbocycles. The van der Waals surface area contributed by atoms with E-state index >= 15 is 0 Å². The minimum absolute atomic E-state index is 0.170. The summed E-state index contributed by atoms with van der Waals surface area (Å²) in [5.41, 5.74) is 3.58. The number of nitrogens with one attached hydrogen (secondary N) is 1. The van der Waals surface area contributed by atoms with Gasteiger partial charge in [0.25, 0.3) is 0 Å². The monoisotopic (exact) mass is 382 g/mol. The van der Waals surface area contributed by atoms with Gasteiger partial charge in [0, 0.05) is 44.8 Å². The van der Waals surface area contributed by atoms with Crippen molar-refractivity contribution in [2.24, 2.45) is 7.05 Å². The molecule has 9 nitrogen and oxygen atoms in total. The van der Waals surface area contributed by atoms with Crippen LogP contribution < -0.4 is 5.32 Å². The van der Waals surface area contributed by atoms with E-state index in [1.54, 1.807) is 6.33 Å². The van der Waals surface area contributed by atoms with E-state index < -0.39 is 0 Å². The summed E-state index contributed by atoms with van der Waals surface area (Å²) in [4.78, 5) is 27.5. The third-order valence-electron chi connectivity index (χ3n) is 5.48. The van der Waals surface area contributed by atoms with E-state index in [0.717, 1.165) is 47.8 Å². The van der Waals surface area contributed by atoms with Crippen LogP contribution in [0.5, 0.6) is 0 Å². The molecule has 1 aliphatic rings. The molecule has 1 saturated heterocycles. The Hall–Kier alpha value is -2.97. The summed E-state index contributed by atoms with van der Waals surface area (Å²) in [5.74, 6) is 1.73. The van der Waals surface area contributed by atoms with Crippen LogP contribution in [0.4, 0.5) is 5.82 Å². The van der Waals surface area contributed by atoms with Crippen molar-refractivity contribution in [1.29, 1.82) is 0 Å². The maximum Gasteiger partial charge on any atom is 0.222 e. The summed E-state index contributed by atoms with van der Waals surface area (Å²) in [7, 11) is 1.96. The third kappa shape index (κ3) is 3.00.